The summed E-state index contributed by atoms with van der Waals surface area (Å²) in [6, 6.07) is 15.5. The molecule has 126 valence electrons. The van der Waals surface area contributed by atoms with E-state index in [-0.39, 0.29) is 5.91 Å². The van der Waals surface area contributed by atoms with Crippen LogP contribution in [0.15, 0.2) is 52.9 Å². The number of hydrogen-bond acceptors (Lipinski definition) is 5. The topological polar surface area (TPSA) is 64.4 Å². The molecule has 0 radical (unpaired) electrons. The first-order valence-electron chi connectivity index (χ1n) is 7.88. The van der Waals surface area contributed by atoms with Gasteiger partial charge in [-0.25, -0.2) is 4.98 Å². The molecule has 0 spiro atoms. The van der Waals surface area contributed by atoms with Crippen LogP contribution in [0.1, 0.15) is 21.1 Å². The molecule has 2 aromatic heterocycles. The van der Waals surface area contributed by atoms with E-state index in [0.717, 1.165) is 26.2 Å². The fourth-order valence-electron chi connectivity index (χ4n) is 2.80. The van der Waals surface area contributed by atoms with Crippen molar-refractivity contribution in [2.45, 2.75) is 13.2 Å². The van der Waals surface area contributed by atoms with Gasteiger partial charge < -0.3 is 14.5 Å². The van der Waals surface area contributed by atoms with Crippen LogP contribution in [0.25, 0.3) is 21.2 Å². The molecule has 1 N–H and O–H groups in total. The lowest BCUT2D eigenvalue weighted by molar-refractivity contribution is 0.0918. The normalized spacial score (nSPS) is 11.2. The molecule has 25 heavy (non-hydrogen) atoms. The number of rotatable bonds is 5. The van der Waals surface area contributed by atoms with E-state index in [1.165, 1.54) is 0 Å². The number of amides is 1. The van der Waals surface area contributed by atoms with Gasteiger partial charge in [0.25, 0.3) is 5.91 Å². The number of nitrogens with one attached hydrogen (secondary N) is 1. The summed E-state index contributed by atoms with van der Waals surface area (Å²) in [6.45, 7) is 0.683. The van der Waals surface area contributed by atoms with Gasteiger partial charge in [0.05, 0.1) is 23.4 Å². The van der Waals surface area contributed by atoms with Crippen LogP contribution in [0, 0.1) is 0 Å². The number of aromatic nitrogens is 1. The molecule has 0 fully saturated rings. The second-order valence-corrected chi connectivity index (χ2v) is 6.71. The molecule has 4 aromatic rings. The highest BCUT2D eigenvalue weighted by Gasteiger charge is 2.20. The lowest BCUT2D eigenvalue weighted by Crippen LogP contribution is -2.23. The third kappa shape index (κ3) is 3.01. The molecule has 2 aromatic carbocycles. The number of methoxy groups -OCH3 is 1. The number of ether oxygens (including phenoxy) is 1. The highest BCUT2D eigenvalue weighted by Crippen LogP contribution is 2.27. The molecular formula is C19H16N2O3S. The van der Waals surface area contributed by atoms with Gasteiger partial charge in [0.2, 0.25) is 0 Å². The maximum atomic E-state index is 12.6. The first kappa shape index (κ1) is 15.8. The lowest BCUT2D eigenvalue weighted by atomic mass is 10.1. The number of nitrogens with zero attached hydrogens (tertiary/aromatic N) is 1. The summed E-state index contributed by atoms with van der Waals surface area (Å²) in [6.07, 6.45) is 0. The summed E-state index contributed by atoms with van der Waals surface area (Å²) in [4.78, 5) is 17.1. The number of carbonyl (C=O) groups is 1. The van der Waals surface area contributed by atoms with Gasteiger partial charge >= 0.3 is 0 Å². The summed E-state index contributed by atoms with van der Waals surface area (Å²) in [7, 11) is 1.60. The van der Waals surface area contributed by atoms with Crippen LogP contribution in [0.3, 0.4) is 0 Å². The highest BCUT2D eigenvalue weighted by atomic mass is 32.1. The van der Waals surface area contributed by atoms with E-state index in [2.05, 4.69) is 10.3 Å². The molecule has 4 rings (SSSR count). The summed E-state index contributed by atoms with van der Waals surface area (Å²) in [5, 5.41) is 4.65. The predicted molar refractivity (Wildman–Crippen MR) is 97.7 cm³/mol. The SMILES string of the molecule is COCc1c(C(=O)NCc2nc3ccccc3s2)oc2ccccc12. The minimum Gasteiger partial charge on any atom is -0.451 e. The molecule has 5 nitrogen and oxygen atoms in total. The number of carbonyl (C=O) groups excluding carboxylic acids is 1. The molecule has 0 aliphatic heterocycles. The Labute approximate surface area is 148 Å². The maximum absolute atomic E-state index is 12.6. The standard InChI is InChI=1S/C19H16N2O3S/c1-23-11-13-12-6-2-4-8-15(12)24-18(13)19(22)20-10-17-21-14-7-3-5-9-16(14)25-17/h2-9H,10-11H2,1H3,(H,20,22). The van der Waals surface area contributed by atoms with E-state index in [4.69, 9.17) is 9.15 Å². The van der Waals surface area contributed by atoms with E-state index >= 15 is 0 Å². The van der Waals surface area contributed by atoms with E-state index in [1.807, 2.05) is 48.5 Å². The molecular weight excluding hydrogens is 336 g/mol. The van der Waals surface area contributed by atoms with E-state index in [1.54, 1.807) is 18.4 Å². The number of para-hydroxylation sites is 2. The third-order valence-corrected chi connectivity index (χ3v) is 4.97. The monoisotopic (exact) mass is 352 g/mol. The van der Waals surface area contributed by atoms with Crippen molar-refractivity contribution in [3.63, 3.8) is 0 Å². The zero-order chi connectivity index (χ0) is 17.2. The zero-order valence-electron chi connectivity index (χ0n) is 13.6. The second kappa shape index (κ2) is 6.66. The van der Waals surface area contributed by atoms with Gasteiger partial charge in [-0.05, 0) is 18.2 Å². The molecule has 0 aliphatic rings. The summed E-state index contributed by atoms with van der Waals surface area (Å²) < 4.78 is 12.1. The van der Waals surface area contributed by atoms with Gasteiger partial charge in [0.15, 0.2) is 5.76 Å². The summed E-state index contributed by atoms with van der Waals surface area (Å²) in [5.41, 5.74) is 2.39. The molecule has 0 saturated heterocycles. The molecule has 0 saturated carbocycles. The summed E-state index contributed by atoms with van der Waals surface area (Å²) in [5.74, 6) is 0.0340. The number of fused-ring (bicyclic) bond motifs is 2. The minimum absolute atomic E-state index is 0.262. The number of benzene rings is 2. The van der Waals surface area contributed by atoms with Crippen molar-refractivity contribution in [3.05, 3.63) is 64.9 Å². The van der Waals surface area contributed by atoms with Crippen molar-refractivity contribution >= 4 is 38.4 Å². The largest absolute Gasteiger partial charge is 0.451 e. The fourth-order valence-corrected chi connectivity index (χ4v) is 3.71. The molecule has 0 bridgehead atoms. The van der Waals surface area contributed by atoms with Crippen molar-refractivity contribution in [1.29, 1.82) is 0 Å². The molecule has 1 amide bonds. The van der Waals surface area contributed by atoms with Crippen molar-refractivity contribution in [2.75, 3.05) is 7.11 Å². The van der Waals surface area contributed by atoms with Crippen LogP contribution in [-0.4, -0.2) is 18.0 Å². The smallest absolute Gasteiger partial charge is 0.287 e. The van der Waals surface area contributed by atoms with E-state index in [0.29, 0.717) is 24.5 Å². The van der Waals surface area contributed by atoms with Crippen molar-refractivity contribution in [3.8, 4) is 0 Å². The van der Waals surface area contributed by atoms with Gasteiger partial charge in [0, 0.05) is 18.1 Å². The van der Waals surface area contributed by atoms with Gasteiger partial charge in [-0.1, -0.05) is 30.3 Å². The minimum atomic E-state index is -0.262. The van der Waals surface area contributed by atoms with E-state index < -0.39 is 0 Å². The van der Waals surface area contributed by atoms with Crippen LogP contribution >= 0.6 is 11.3 Å². The zero-order valence-corrected chi connectivity index (χ0v) is 14.4. The fraction of sp³-hybridized carbons (Fsp3) is 0.158. The van der Waals surface area contributed by atoms with Crippen molar-refractivity contribution in [2.24, 2.45) is 0 Å². The van der Waals surface area contributed by atoms with Gasteiger partial charge in [-0.15, -0.1) is 11.3 Å². The third-order valence-electron chi connectivity index (χ3n) is 3.93. The van der Waals surface area contributed by atoms with Crippen LogP contribution in [0.4, 0.5) is 0 Å². The predicted octanol–water partition coefficient (Wildman–Crippen LogP) is 4.12. The Morgan fingerprint density at radius 1 is 1.20 bits per heavy atom. The van der Waals surface area contributed by atoms with E-state index in [9.17, 15) is 4.79 Å². The molecule has 0 aliphatic carbocycles. The Kier molecular flexibility index (Phi) is 4.21. The lowest BCUT2D eigenvalue weighted by Gasteiger charge is -2.03. The Morgan fingerprint density at radius 2 is 2.00 bits per heavy atom. The second-order valence-electron chi connectivity index (χ2n) is 5.60. The van der Waals surface area contributed by atoms with Gasteiger partial charge in [-0.3, -0.25) is 4.79 Å². The number of thiazole rings is 1. The molecule has 6 heteroatoms. The van der Waals surface area contributed by atoms with Gasteiger partial charge in [0.1, 0.15) is 10.6 Å². The number of hydrogen-bond donors (Lipinski definition) is 1. The first-order valence-corrected chi connectivity index (χ1v) is 8.70. The molecule has 2 heterocycles. The first-order chi connectivity index (χ1) is 12.3. The Morgan fingerprint density at radius 3 is 2.84 bits per heavy atom. The summed E-state index contributed by atoms with van der Waals surface area (Å²) >= 11 is 1.57. The molecule has 0 atom stereocenters. The molecule has 0 unspecified atom stereocenters. The van der Waals surface area contributed by atoms with Crippen LogP contribution < -0.4 is 5.32 Å². The quantitative estimate of drug-likeness (QED) is 0.587. The Hall–Kier alpha value is -2.70. The average molecular weight is 352 g/mol. The van der Waals surface area contributed by atoms with Crippen molar-refractivity contribution in [1.82, 2.24) is 10.3 Å². The van der Waals surface area contributed by atoms with Crippen LogP contribution in [0.5, 0.6) is 0 Å². The Balaban J connectivity index is 1.58. The number of furan rings is 1. The van der Waals surface area contributed by atoms with Crippen LogP contribution in [0.2, 0.25) is 0 Å². The van der Waals surface area contributed by atoms with Crippen LogP contribution in [-0.2, 0) is 17.9 Å². The average Bonchev–Trinajstić information content (AvgIpc) is 3.21. The van der Waals surface area contributed by atoms with Crippen molar-refractivity contribution < 1.29 is 13.9 Å². The Bertz CT molecular complexity index is 1020. The highest BCUT2D eigenvalue weighted by molar-refractivity contribution is 7.18. The van der Waals surface area contributed by atoms with Gasteiger partial charge in [-0.2, -0.15) is 0 Å². The maximum Gasteiger partial charge on any atom is 0.287 e.